The second-order valence-electron chi connectivity index (χ2n) is 10.6. The molecule has 2 saturated heterocycles. The van der Waals surface area contributed by atoms with Crippen LogP contribution < -0.4 is 9.47 Å². The van der Waals surface area contributed by atoms with E-state index in [1.807, 2.05) is 23.6 Å². The molecule has 6 rings (SSSR count). The average molecular weight is 684 g/mol. The highest BCUT2D eigenvalue weighted by atomic mass is 79.9. The number of alkyl halides is 3. The van der Waals surface area contributed by atoms with Gasteiger partial charge >= 0.3 is 0 Å². The fourth-order valence-corrected chi connectivity index (χ4v) is 9.12. The number of halogens is 3. The summed E-state index contributed by atoms with van der Waals surface area (Å²) in [5.74, 6) is -5.21. The molecule has 13 heteroatoms. The maximum absolute atomic E-state index is 13.9. The first-order valence-electron chi connectivity index (χ1n) is 12.9. The Morgan fingerprint density at radius 2 is 1.83 bits per heavy atom. The lowest BCUT2D eigenvalue weighted by atomic mass is 9.56. The first kappa shape index (κ1) is 28.5. The van der Waals surface area contributed by atoms with Crippen molar-refractivity contribution in [2.45, 2.75) is 35.1 Å². The lowest BCUT2D eigenvalue weighted by Crippen LogP contribution is -2.60. The van der Waals surface area contributed by atoms with Gasteiger partial charge in [-0.05, 0) is 30.2 Å². The van der Waals surface area contributed by atoms with Gasteiger partial charge in [-0.1, -0.05) is 33.6 Å². The zero-order valence-corrected chi connectivity index (χ0v) is 25.8. The molecule has 0 unspecified atom stereocenters. The Balaban J connectivity index is 1.54. The van der Waals surface area contributed by atoms with Gasteiger partial charge in [0, 0.05) is 28.5 Å². The Kier molecular flexibility index (Phi) is 6.95. The molecule has 0 radical (unpaired) electrons. The highest BCUT2D eigenvalue weighted by molar-refractivity contribution is 9.09. The quantitative estimate of drug-likeness (QED) is 0.208. The van der Waals surface area contributed by atoms with Crippen molar-refractivity contribution >= 4 is 74.1 Å². The topological polar surface area (TPSA) is 113 Å². The number of likely N-dealkylation sites (tertiary alicyclic amines) is 2. The number of benzene rings is 1. The summed E-state index contributed by atoms with van der Waals surface area (Å²) in [5.41, 5.74) is 0.564. The second-order valence-corrected chi connectivity index (χ2v) is 13.4. The highest BCUT2D eigenvalue weighted by Crippen LogP contribution is 2.67. The van der Waals surface area contributed by atoms with Crippen LogP contribution in [0.3, 0.4) is 0 Å². The number of allylic oxidation sites excluding steroid dienone is 2. The van der Waals surface area contributed by atoms with E-state index in [2.05, 4.69) is 15.9 Å². The van der Waals surface area contributed by atoms with Gasteiger partial charge in [0.25, 0.3) is 11.8 Å². The van der Waals surface area contributed by atoms with Crippen molar-refractivity contribution in [1.29, 1.82) is 0 Å². The number of imide groups is 2. The van der Waals surface area contributed by atoms with E-state index in [-0.39, 0.29) is 53.7 Å². The summed E-state index contributed by atoms with van der Waals surface area (Å²) in [5, 5.41) is 13.2. The van der Waals surface area contributed by atoms with E-state index in [0.29, 0.717) is 11.3 Å². The van der Waals surface area contributed by atoms with E-state index in [1.165, 1.54) is 42.6 Å². The molecule has 1 aromatic carbocycles. The van der Waals surface area contributed by atoms with Crippen molar-refractivity contribution < 1.29 is 33.8 Å². The minimum atomic E-state index is -2.06. The van der Waals surface area contributed by atoms with Gasteiger partial charge < -0.3 is 14.6 Å². The molecule has 1 saturated carbocycles. The fraction of sp³-hybridized carbons (Fsp3) is 0.429. The second kappa shape index (κ2) is 10.00. The van der Waals surface area contributed by atoms with Crippen molar-refractivity contribution in [1.82, 2.24) is 9.80 Å². The van der Waals surface area contributed by atoms with Crippen LogP contribution >= 0.6 is 50.5 Å². The SMILES string of the molecule is COc1cc(O)c([C@H]2C3=CC[C@@H]4C(=O)N(Cc5cccs5)C(=O)[C@@H]4[C@@H]3C[C@@]3(Cl)C(=O)N(CBr)C(=O)[C@@]23Cl)c(OC)c1. The van der Waals surface area contributed by atoms with Crippen LogP contribution in [0.25, 0.3) is 0 Å². The number of phenols is 1. The summed E-state index contributed by atoms with van der Waals surface area (Å²) in [6, 6.07) is 6.62. The number of carbonyl (C=O) groups is 4. The molecule has 2 aliphatic heterocycles. The molecule has 216 valence electrons. The summed E-state index contributed by atoms with van der Waals surface area (Å²) in [6.07, 6.45) is 1.90. The van der Waals surface area contributed by atoms with Crippen molar-refractivity contribution in [2.24, 2.45) is 17.8 Å². The number of methoxy groups -OCH3 is 2. The predicted molar refractivity (Wildman–Crippen MR) is 154 cm³/mol. The Labute approximate surface area is 258 Å². The van der Waals surface area contributed by atoms with Gasteiger partial charge in [-0.3, -0.25) is 29.0 Å². The van der Waals surface area contributed by atoms with E-state index < -0.39 is 45.2 Å². The van der Waals surface area contributed by atoms with Gasteiger partial charge in [-0.15, -0.1) is 34.5 Å². The van der Waals surface area contributed by atoms with Crippen LogP contribution in [-0.4, -0.2) is 68.0 Å². The largest absolute Gasteiger partial charge is 0.507 e. The van der Waals surface area contributed by atoms with E-state index in [9.17, 15) is 24.3 Å². The third-order valence-corrected chi connectivity index (χ3v) is 11.6. The van der Waals surface area contributed by atoms with Gasteiger partial charge in [-0.25, -0.2) is 0 Å². The molecule has 0 bridgehead atoms. The van der Waals surface area contributed by atoms with E-state index in [0.717, 1.165) is 9.78 Å². The molecule has 6 atom stereocenters. The number of fused-ring (bicyclic) bond motifs is 4. The van der Waals surface area contributed by atoms with E-state index in [4.69, 9.17) is 32.7 Å². The van der Waals surface area contributed by atoms with Crippen LogP contribution in [0, 0.1) is 17.8 Å². The number of carbonyl (C=O) groups excluding carboxylic acids is 4. The summed E-state index contributed by atoms with van der Waals surface area (Å²) >= 11 is 19.1. The standard InChI is InChI=1S/C28H25BrCl2N2O7S/c1-39-13-8-18(34)21(19(9-13)40-2)22-15-5-6-16-20(24(36)32(23(16)35)11-14-4-3-7-41-14)17(15)10-27(30)25(37)33(12-29)26(38)28(22,27)31/h3-5,7-9,16-17,20,22,34H,6,10-12H2,1-2H3/t16-,17+,20-,22+,27+,28-/m0/s1. The molecular formula is C28H25BrCl2N2O7S. The van der Waals surface area contributed by atoms with Crippen LogP contribution in [0.5, 0.6) is 17.2 Å². The predicted octanol–water partition coefficient (Wildman–Crippen LogP) is 4.38. The smallest absolute Gasteiger partial charge is 0.254 e. The van der Waals surface area contributed by atoms with Crippen LogP contribution in [0.2, 0.25) is 0 Å². The fourth-order valence-electron chi connectivity index (χ4n) is 7.01. The maximum atomic E-state index is 13.9. The summed E-state index contributed by atoms with van der Waals surface area (Å²) in [6.45, 7) is 0.154. The molecule has 0 spiro atoms. The van der Waals surface area contributed by atoms with E-state index >= 15 is 0 Å². The molecule has 1 aromatic heterocycles. The van der Waals surface area contributed by atoms with Crippen molar-refractivity contribution in [3.05, 3.63) is 51.7 Å². The van der Waals surface area contributed by atoms with Crippen LogP contribution in [0.15, 0.2) is 41.3 Å². The number of phenolic OH excluding ortho intramolecular Hbond substituents is 1. The zero-order valence-electron chi connectivity index (χ0n) is 21.9. The monoisotopic (exact) mass is 682 g/mol. The number of aromatic hydroxyl groups is 1. The van der Waals surface area contributed by atoms with Crippen LogP contribution in [-0.2, 0) is 25.7 Å². The zero-order chi connectivity index (χ0) is 29.4. The van der Waals surface area contributed by atoms with Gasteiger partial charge in [0.1, 0.15) is 17.2 Å². The molecule has 2 aliphatic carbocycles. The molecular weight excluding hydrogens is 659 g/mol. The number of thiophene rings is 1. The van der Waals surface area contributed by atoms with Gasteiger partial charge in [0.2, 0.25) is 11.8 Å². The van der Waals surface area contributed by atoms with Crippen molar-refractivity contribution in [2.75, 3.05) is 19.7 Å². The normalized spacial score (nSPS) is 32.6. The lowest BCUT2D eigenvalue weighted by Gasteiger charge is -2.51. The van der Waals surface area contributed by atoms with Gasteiger partial charge in [0.05, 0.1) is 38.1 Å². The van der Waals surface area contributed by atoms with Crippen molar-refractivity contribution in [3.63, 3.8) is 0 Å². The lowest BCUT2D eigenvalue weighted by molar-refractivity contribution is -0.141. The number of nitrogens with zero attached hydrogens (tertiary/aromatic N) is 2. The van der Waals surface area contributed by atoms with Crippen LogP contribution in [0.4, 0.5) is 0 Å². The first-order valence-corrected chi connectivity index (χ1v) is 15.6. The third kappa shape index (κ3) is 3.78. The molecule has 4 aliphatic rings. The summed E-state index contributed by atoms with van der Waals surface area (Å²) in [7, 11) is 2.82. The minimum absolute atomic E-state index is 0.138. The summed E-state index contributed by atoms with van der Waals surface area (Å²) < 4.78 is 10.9. The molecule has 4 amide bonds. The molecule has 9 nitrogen and oxygen atoms in total. The highest BCUT2D eigenvalue weighted by Gasteiger charge is 2.76. The molecule has 1 N–H and O–H groups in total. The Morgan fingerprint density at radius 3 is 2.46 bits per heavy atom. The molecule has 41 heavy (non-hydrogen) atoms. The summed E-state index contributed by atoms with van der Waals surface area (Å²) in [4.78, 5) is 54.2. The number of rotatable bonds is 6. The molecule has 3 heterocycles. The average Bonchev–Trinajstić information content (AvgIpc) is 3.60. The first-order chi connectivity index (χ1) is 19.5. The van der Waals surface area contributed by atoms with Gasteiger partial charge in [0.15, 0.2) is 9.75 Å². The van der Waals surface area contributed by atoms with E-state index in [1.54, 1.807) is 0 Å². The number of hydrogen-bond donors (Lipinski definition) is 1. The van der Waals surface area contributed by atoms with Gasteiger partial charge in [-0.2, -0.15) is 0 Å². The number of amides is 4. The minimum Gasteiger partial charge on any atom is -0.507 e. The number of ether oxygens (including phenoxy) is 2. The Bertz CT molecular complexity index is 1520. The Morgan fingerprint density at radius 1 is 1.07 bits per heavy atom. The Hall–Kier alpha value is -2.60. The number of hydrogen-bond acceptors (Lipinski definition) is 8. The molecule has 3 fully saturated rings. The van der Waals surface area contributed by atoms with Crippen molar-refractivity contribution in [3.8, 4) is 17.2 Å². The maximum Gasteiger partial charge on any atom is 0.254 e. The van der Waals surface area contributed by atoms with Crippen LogP contribution in [0.1, 0.15) is 29.2 Å². The third-order valence-electron chi connectivity index (χ3n) is 8.84. The molecule has 2 aromatic rings.